The zero-order valence-corrected chi connectivity index (χ0v) is 17.5. The van der Waals surface area contributed by atoms with Crippen LogP contribution in [0.2, 0.25) is 0 Å². The summed E-state index contributed by atoms with van der Waals surface area (Å²) in [6, 6.07) is 11.8. The average Bonchev–Trinajstić information content (AvgIpc) is 2.66. The molecule has 0 bridgehead atoms. The highest BCUT2D eigenvalue weighted by atomic mass is 35.5. The number of fused-ring (bicyclic) bond motifs is 2. The van der Waals surface area contributed by atoms with E-state index >= 15 is 0 Å². The summed E-state index contributed by atoms with van der Waals surface area (Å²) in [6.45, 7) is 2.90. The van der Waals surface area contributed by atoms with Gasteiger partial charge in [-0.05, 0) is 43.3 Å². The van der Waals surface area contributed by atoms with E-state index in [1.807, 2.05) is 29.2 Å². The van der Waals surface area contributed by atoms with Gasteiger partial charge in [0.25, 0.3) is 0 Å². The Balaban J connectivity index is 1.85. The highest BCUT2D eigenvalue weighted by molar-refractivity contribution is 7.99. The molecule has 2 nitrogen and oxygen atoms in total. The summed E-state index contributed by atoms with van der Waals surface area (Å²) in [7, 11) is 0. The first-order valence-corrected chi connectivity index (χ1v) is 10.9. The predicted octanol–water partition coefficient (Wildman–Crippen LogP) is 6.48. The van der Waals surface area contributed by atoms with Gasteiger partial charge in [0.2, 0.25) is 0 Å². The van der Waals surface area contributed by atoms with Crippen LogP contribution in [0.25, 0.3) is 0 Å². The molecule has 0 saturated carbocycles. The van der Waals surface area contributed by atoms with Crippen LogP contribution in [0.5, 0.6) is 0 Å². The van der Waals surface area contributed by atoms with Crippen molar-refractivity contribution < 1.29 is 13.2 Å². The summed E-state index contributed by atoms with van der Waals surface area (Å²) in [6.07, 6.45) is -3.57. The van der Waals surface area contributed by atoms with E-state index in [1.54, 1.807) is 6.07 Å². The van der Waals surface area contributed by atoms with Crippen molar-refractivity contribution in [1.82, 2.24) is 4.90 Å². The molecule has 0 unspecified atom stereocenters. The summed E-state index contributed by atoms with van der Waals surface area (Å²) in [4.78, 5) is 6.06. The van der Waals surface area contributed by atoms with Gasteiger partial charge in [-0.15, -0.1) is 23.2 Å². The molecule has 0 saturated heterocycles. The number of rotatable bonds is 8. The molecule has 2 aromatic carbocycles. The molecule has 2 aromatic rings. The topological polar surface area (TPSA) is 6.48 Å². The first-order valence-electron chi connectivity index (χ1n) is 9.04. The first kappa shape index (κ1) is 21.6. The lowest BCUT2D eigenvalue weighted by atomic mass is 10.1. The second-order valence-corrected chi connectivity index (χ2v) is 8.31. The molecule has 28 heavy (non-hydrogen) atoms. The Morgan fingerprint density at radius 1 is 0.893 bits per heavy atom. The third-order valence-corrected chi connectivity index (χ3v) is 6.08. The lowest BCUT2D eigenvalue weighted by Crippen LogP contribution is -2.32. The Bertz CT molecular complexity index is 795. The summed E-state index contributed by atoms with van der Waals surface area (Å²) in [5, 5.41) is 0. The van der Waals surface area contributed by atoms with E-state index in [4.69, 9.17) is 23.2 Å². The molecule has 0 aromatic heterocycles. The van der Waals surface area contributed by atoms with Crippen LogP contribution in [-0.4, -0.2) is 42.8 Å². The fourth-order valence-electron chi connectivity index (χ4n) is 3.27. The van der Waals surface area contributed by atoms with Gasteiger partial charge in [-0.1, -0.05) is 23.9 Å². The van der Waals surface area contributed by atoms with E-state index in [0.717, 1.165) is 47.6 Å². The Morgan fingerprint density at radius 3 is 2.25 bits per heavy atom. The molecule has 1 heterocycles. The molecule has 1 aliphatic rings. The minimum absolute atomic E-state index is 0.526. The highest BCUT2D eigenvalue weighted by Crippen LogP contribution is 2.49. The molecule has 8 heteroatoms. The van der Waals surface area contributed by atoms with E-state index in [-0.39, 0.29) is 0 Å². The monoisotopic (exact) mass is 448 g/mol. The molecular weight excluding hydrogens is 428 g/mol. The van der Waals surface area contributed by atoms with Gasteiger partial charge in [0, 0.05) is 41.2 Å². The standard InChI is InChI=1S/C20H21Cl2F3N2S/c21-8-12-26(13-9-22)10-3-11-27-16-4-1-2-5-18(16)28-19-7-6-15(14-17(19)27)20(23,24)25/h1-2,4-7,14H,3,8-13H2. The third kappa shape index (κ3) is 5.09. The van der Waals surface area contributed by atoms with Crippen LogP contribution in [0, 0.1) is 0 Å². The van der Waals surface area contributed by atoms with Crippen LogP contribution >= 0.6 is 35.0 Å². The molecule has 0 aliphatic carbocycles. The van der Waals surface area contributed by atoms with E-state index in [1.165, 1.54) is 17.8 Å². The van der Waals surface area contributed by atoms with Crippen molar-refractivity contribution in [2.45, 2.75) is 22.4 Å². The van der Waals surface area contributed by atoms with E-state index in [0.29, 0.717) is 24.0 Å². The zero-order valence-electron chi connectivity index (χ0n) is 15.2. The quantitative estimate of drug-likeness (QED) is 0.426. The minimum Gasteiger partial charge on any atom is -0.340 e. The van der Waals surface area contributed by atoms with E-state index in [2.05, 4.69) is 4.90 Å². The maximum atomic E-state index is 13.3. The van der Waals surface area contributed by atoms with Crippen molar-refractivity contribution >= 4 is 46.3 Å². The van der Waals surface area contributed by atoms with Gasteiger partial charge in [0.05, 0.1) is 16.9 Å². The van der Waals surface area contributed by atoms with Crippen LogP contribution in [0.1, 0.15) is 12.0 Å². The van der Waals surface area contributed by atoms with Crippen LogP contribution in [0.4, 0.5) is 24.5 Å². The minimum atomic E-state index is -4.36. The molecule has 152 valence electrons. The number of hydrogen-bond acceptors (Lipinski definition) is 3. The normalized spacial score (nSPS) is 13.6. The second-order valence-electron chi connectivity index (χ2n) is 6.47. The smallest absolute Gasteiger partial charge is 0.340 e. The predicted molar refractivity (Wildman–Crippen MR) is 112 cm³/mol. The van der Waals surface area contributed by atoms with Crippen molar-refractivity contribution in [2.75, 3.05) is 42.8 Å². The van der Waals surface area contributed by atoms with Crippen LogP contribution in [-0.2, 0) is 6.18 Å². The first-order chi connectivity index (χ1) is 13.4. The number of anilines is 2. The summed E-state index contributed by atoms with van der Waals surface area (Å²) >= 11 is 13.2. The van der Waals surface area contributed by atoms with Crippen molar-refractivity contribution in [3.05, 3.63) is 48.0 Å². The zero-order chi connectivity index (χ0) is 20.1. The number of alkyl halides is 5. The molecule has 0 fully saturated rings. The average molecular weight is 449 g/mol. The van der Waals surface area contributed by atoms with Gasteiger partial charge in [-0.25, -0.2) is 0 Å². The fourth-order valence-corrected chi connectivity index (χ4v) is 4.83. The second kappa shape index (κ2) is 9.61. The van der Waals surface area contributed by atoms with Crippen molar-refractivity contribution in [2.24, 2.45) is 0 Å². The third-order valence-electron chi connectivity index (χ3n) is 4.61. The Hall–Kier alpha value is -1.08. The van der Waals surface area contributed by atoms with Crippen LogP contribution in [0.3, 0.4) is 0 Å². The van der Waals surface area contributed by atoms with E-state index < -0.39 is 11.7 Å². The molecular formula is C20H21Cl2F3N2S. The number of hydrogen-bond donors (Lipinski definition) is 0. The summed E-state index contributed by atoms with van der Waals surface area (Å²) in [5.74, 6) is 1.05. The van der Waals surface area contributed by atoms with Crippen molar-refractivity contribution in [3.63, 3.8) is 0 Å². The maximum Gasteiger partial charge on any atom is 0.416 e. The molecule has 0 N–H and O–H groups in total. The SMILES string of the molecule is FC(F)(F)c1ccc2c(c1)N(CCCN(CCCl)CCCl)c1ccccc1S2. The molecule has 3 rings (SSSR count). The van der Waals surface area contributed by atoms with Crippen LogP contribution in [0.15, 0.2) is 52.3 Å². The Morgan fingerprint density at radius 2 is 1.57 bits per heavy atom. The van der Waals surface area contributed by atoms with Crippen LogP contribution < -0.4 is 4.90 Å². The van der Waals surface area contributed by atoms with Gasteiger partial charge < -0.3 is 9.80 Å². The van der Waals surface area contributed by atoms with Crippen molar-refractivity contribution in [3.8, 4) is 0 Å². The molecule has 1 aliphatic heterocycles. The molecule has 0 radical (unpaired) electrons. The van der Waals surface area contributed by atoms with Gasteiger partial charge in [0.1, 0.15) is 0 Å². The largest absolute Gasteiger partial charge is 0.416 e. The fraction of sp³-hybridized carbons (Fsp3) is 0.400. The van der Waals surface area contributed by atoms with Crippen molar-refractivity contribution in [1.29, 1.82) is 0 Å². The number of nitrogens with zero attached hydrogens (tertiary/aromatic N) is 2. The number of halogens is 5. The Labute approximate surface area is 177 Å². The summed E-state index contributed by atoms with van der Waals surface area (Å²) in [5.41, 5.74) is 0.933. The lowest BCUT2D eigenvalue weighted by Gasteiger charge is -2.34. The number of para-hydroxylation sites is 1. The molecule has 0 amide bonds. The Kier molecular flexibility index (Phi) is 7.42. The van der Waals surface area contributed by atoms with Gasteiger partial charge in [-0.2, -0.15) is 13.2 Å². The molecule has 0 spiro atoms. The van der Waals surface area contributed by atoms with Gasteiger partial charge in [-0.3, -0.25) is 0 Å². The van der Waals surface area contributed by atoms with Gasteiger partial charge in [0.15, 0.2) is 0 Å². The summed E-state index contributed by atoms with van der Waals surface area (Å²) < 4.78 is 39.8. The number of benzene rings is 2. The molecule has 0 atom stereocenters. The highest BCUT2D eigenvalue weighted by Gasteiger charge is 2.33. The maximum absolute atomic E-state index is 13.3. The van der Waals surface area contributed by atoms with Gasteiger partial charge >= 0.3 is 6.18 Å². The van der Waals surface area contributed by atoms with E-state index in [9.17, 15) is 13.2 Å². The lowest BCUT2D eigenvalue weighted by molar-refractivity contribution is -0.137.